The van der Waals surface area contributed by atoms with E-state index in [1.54, 1.807) is 0 Å². The van der Waals surface area contributed by atoms with Crippen LogP contribution in [0.5, 0.6) is 0 Å². The van der Waals surface area contributed by atoms with Gasteiger partial charge >= 0.3 is 0 Å². The largest absolute Gasteiger partial charge is 0.381 e. The van der Waals surface area contributed by atoms with Crippen molar-refractivity contribution in [3.05, 3.63) is 0 Å². The van der Waals surface area contributed by atoms with E-state index in [1.807, 2.05) is 0 Å². The fraction of sp³-hybridized carbons (Fsp3) is 0.909. The van der Waals surface area contributed by atoms with Gasteiger partial charge in [-0.3, -0.25) is 4.79 Å². The minimum Gasteiger partial charge on any atom is -0.381 e. The fourth-order valence-electron chi connectivity index (χ4n) is 2.22. The molecule has 86 valence electrons. The molecule has 0 bridgehead atoms. The molecule has 2 aliphatic heterocycles. The van der Waals surface area contributed by atoms with Gasteiger partial charge in [0.1, 0.15) is 0 Å². The highest BCUT2D eigenvalue weighted by atomic mass is 16.5. The van der Waals surface area contributed by atoms with Crippen molar-refractivity contribution < 1.29 is 9.53 Å². The highest BCUT2D eigenvalue weighted by Crippen LogP contribution is 2.14. The number of carbonyl (C=O) groups is 1. The molecule has 2 heterocycles. The Bertz CT molecular complexity index is 209. The Balaban J connectivity index is 1.65. The van der Waals surface area contributed by atoms with Gasteiger partial charge in [0.05, 0.1) is 5.92 Å². The van der Waals surface area contributed by atoms with E-state index >= 15 is 0 Å². The molecule has 0 radical (unpaired) electrons. The average molecular weight is 212 g/mol. The van der Waals surface area contributed by atoms with Gasteiger partial charge in [0.15, 0.2) is 0 Å². The number of amides is 1. The number of ether oxygens (including phenoxy) is 1. The second-order valence-corrected chi connectivity index (χ2v) is 4.49. The number of hydrogen-bond donors (Lipinski definition) is 2. The molecule has 0 saturated carbocycles. The molecule has 2 N–H and O–H groups in total. The zero-order valence-corrected chi connectivity index (χ0v) is 9.13. The molecule has 0 spiro atoms. The average Bonchev–Trinajstić information content (AvgIpc) is 2.81. The molecule has 4 heteroatoms. The molecule has 0 aromatic carbocycles. The predicted molar refractivity (Wildman–Crippen MR) is 57.5 cm³/mol. The molecule has 2 rings (SSSR count). The zero-order chi connectivity index (χ0) is 10.5. The maximum absolute atomic E-state index is 11.7. The Kier molecular flexibility index (Phi) is 3.97. The van der Waals surface area contributed by atoms with Crippen molar-refractivity contribution in [2.45, 2.75) is 19.3 Å². The van der Waals surface area contributed by atoms with Gasteiger partial charge in [-0.05, 0) is 31.7 Å². The van der Waals surface area contributed by atoms with Crippen LogP contribution in [0.2, 0.25) is 0 Å². The summed E-state index contributed by atoms with van der Waals surface area (Å²) >= 11 is 0. The highest BCUT2D eigenvalue weighted by molar-refractivity contribution is 5.79. The third kappa shape index (κ3) is 3.18. The van der Waals surface area contributed by atoms with Crippen molar-refractivity contribution in [3.63, 3.8) is 0 Å². The van der Waals surface area contributed by atoms with E-state index in [9.17, 15) is 4.79 Å². The van der Waals surface area contributed by atoms with E-state index < -0.39 is 0 Å². The maximum Gasteiger partial charge on any atom is 0.224 e. The first kappa shape index (κ1) is 10.9. The maximum atomic E-state index is 11.7. The van der Waals surface area contributed by atoms with Gasteiger partial charge in [-0.2, -0.15) is 0 Å². The Morgan fingerprint density at radius 3 is 2.80 bits per heavy atom. The standard InChI is InChI=1S/C11H20N2O2/c14-11(10-1-4-12-8-10)13-7-9-2-5-15-6-3-9/h9-10,12H,1-8H2,(H,13,14). The molecule has 0 aromatic heterocycles. The molecule has 0 aromatic rings. The Morgan fingerprint density at radius 2 is 2.13 bits per heavy atom. The predicted octanol–water partition coefficient (Wildman–Crippen LogP) is 0.139. The van der Waals surface area contributed by atoms with Crippen molar-refractivity contribution in [1.29, 1.82) is 0 Å². The van der Waals surface area contributed by atoms with Crippen molar-refractivity contribution in [2.24, 2.45) is 11.8 Å². The summed E-state index contributed by atoms with van der Waals surface area (Å²) < 4.78 is 5.28. The number of hydrogen-bond acceptors (Lipinski definition) is 3. The third-order valence-corrected chi connectivity index (χ3v) is 3.34. The van der Waals surface area contributed by atoms with Gasteiger partial charge in [-0.25, -0.2) is 0 Å². The lowest BCUT2D eigenvalue weighted by Gasteiger charge is -2.22. The second kappa shape index (κ2) is 5.47. The third-order valence-electron chi connectivity index (χ3n) is 3.34. The molecule has 1 atom stereocenters. The van der Waals surface area contributed by atoms with Crippen LogP contribution in [0.4, 0.5) is 0 Å². The highest BCUT2D eigenvalue weighted by Gasteiger charge is 2.23. The van der Waals surface area contributed by atoms with Crippen molar-refractivity contribution in [3.8, 4) is 0 Å². The van der Waals surface area contributed by atoms with Gasteiger partial charge in [0.25, 0.3) is 0 Å². The lowest BCUT2D eigenvalue weighted by Crippen LogP contribution is -2.36. The summed E-state index contributed by atoms with van der Waals surface area (Å²) in [5.74, 6) is 1.05. The quantitative estimate of drug-likeness (QED) is 0.699. The summed E-state index contributed by atoms with van der Waals surface area (Å²) in [5, 5.41) is 6.27. The van der Waals surface area contributed by atoms with Crippen LogP contribution in [0.3, 0.4) is 0 Å². The van der Waals surface area contributed by atoms with Crippen LogP contribution in [-0.2, 0) is 9.53 Å². The smallest absolute Gasteiger partial charge is 0.224 e. The Hall–Kier alpha value is -0.610. The molecule has 4 nitrogen and oxygen atoms in total. The van der Waals surface area contributed by atoms with Crippen LogP contribution >= 0.6 is 0 Å². The molecular weight excluding hydrogens is 192 g/mol. The second-order valence-electron chi connectivity index (χ2n) is 4.49. The fourth-order valence-corrected chi connectivity index (χ4v) is 2.22. The van der Waals surface area contributed by atoms with E-state index in [0.29, 0.717) is 5.92 Å². The van der Waals surface area contributed by atoms with Crippen LogP contribution in [-0.4, -0.2) is 38.8 Å². The van der Waals surface area contributed by atoms with Crippen LogP contribution in [0.25, 0.3) is 0 Å². The first-order valence-electron chi connectivity index (χ1n) is 5.92. The molecule has 0 aliphatic carbocycles. The first-order valence-corrected chi connectivity index (χ1v) is 5.92. The van der Waals surface area contributed by atoms with Crippen LogP contribution in [0, 0.1) is 11.8 Å². The van der Waals surface area contributed by atoms with Gasteiger partial charge in [0, 0.05) is 26.3 Å². The molecule has 1 amide bonds. The minimum atomic E-state index is 0.199. The Morgan fingerprint density at radius 1 is 1.33 bits per heavy atom. The molecule has 2 fully saturated rings. The zero-order valence-electron chi connectivity index (χ0n) is 9.13. The topological polar surface area (TPSA) is 50.4 Å². The van der Waals surface area contributed by atoms with Gasteiger partial charge in [0.2, 0.25) is 5.91 Å². The summed E-state index contributed by atoms with van der Waals surface area (Å²) in [7, 11) is 0. The first-order chi connectivity index (χ1) is 7.36. The van der Waals surface area contributed by atoms with Crippen molar-refractivity contribution in [2.75, 3.05) is 32.8 Å². The van der Waals surface area contributed by atoms with Crippen LogP contribution < -0.4 is 10.6 Å². The molecular formula is C11H20N2O2. The van der Waals surface area contributed by atoms with Crippen LogP contribution in [0.15, 0.2) is 0 Å². The molecule has 2 aliphatic rings. The van der Waals surface area contributed by atoms with Gasteiger partial charge < -0.3 is 15.4 Å². The molecule has 1 unspecified atom stereocenters. The summed E-state index contributed by atoms with van der Waals surface area (Å²) in [6.07, 6.45) is 3.16. The van der Waals surface area contributed by atoms with E-state index in [4.69, 9.17) is 4.74 Å². The number of carbonyl (C=O) groups excluding carboxylic acids is 1. The monoisotopic (exact) mass is 212 g/mol. The minimum absolute atomic E-state index is 0.199. The molecule has 2 saturated heterocycles. The SMILES string of the molecule is O=C(NCC1CCOCC1)C1CCNC1. The summed E-state index contributed by atoms with van der Waals surface area (Å²) in [5.41, 5.74) is 0. The lowest BCUT2D eigenvalue weighted by molar-refractivity contribution is -0.124. The van der Waals surface area contributed by atoms with E-state index in [-0.39, 0.29) is 11.8 Å². The molecule has 15 heavy (non-hydrogen) atoms. The summed E-state index contributed by atoms with van der Waals surface area (Å²) in [4.78, 5) is 11.7. The summed E-state index contributed by atoms with van der Waals surface area (Å²) in [6.45, 7) is 4.37. The van der Waals surface area contributed by atoms with E-state index in [0.717, 1.165) is 52.1 Å². The summed E-state index contributed by atoms with van der Waals surface area (Å²) in [6, 6.07) is 0. The lowest BCUT2D eigenvalue weighted by atomic mass is 10.00. The number of rotatable bonds is 3. The van der Waals surface area contributed by atoms with E-state index in [2.05, 4.69) is 10.6 Å². The normalized spacial score (nSPS) is 27.9. The van der Waals surface area contributed by atoms with Crippen molar-refractivity contribution in [1.82, 2.24) is 10.6 Å². The van der Waals surface area contributed by atoms with Crippen LogP contribution in [0.1, 0.15) is 19.3 Å². The van der Waals surface area contributed by atoms with Gasteiger partial charge in [-0.1, -0.05) is 0 Å². The van der Waals surface area contributed by atoms with Gasteiger partial charge in [-0.15, -0.1) is 0 Å². The van der Waals surface area contributed by atoms with Crippen molar-refractivity contribution >= 4 is 5.91 Å². The van der Waals surface area contributed by atoms with E-state index in [1.165, 1.54) is 0 Å². The number of nitrogens with one attached hydrogen (secondary N) is 2. The Labute approximate surface area is 90.8 Å².